The number of ether oxygens (including phenoxy) is 2. The first-order valence-corrected chi connectivity index (χ1v) is 7.29. The second kappa shape index (κ2) is 5.32. The van der Waals surface area contributed by atoms with Crippen LogP contribution in [0.25, 0.3) is 0 Å². The van der Waals surface area contributed by atoms with Crippen LogP contribution in [0.1, 0.15) is 30.1 Å². The molecule has 3 nitrogen and oxygen atoms in total. The number of aromatic hydroxyl groups is 1. The molecule has 0 spiro atoms. The van der Waals surface area contributed by atoms with E-state index in [1.807, 2.05) is 12.1 Å². The van der Waals surface area contributed by atoms with Crippen LogP contribution >= 0.6 is 23.2 Å². The van der Waals surface area contributed by atoms with Crippen LogP contribution in [-0.4, -0.2) is 12.2 Å². The molecule has 0 aromatic heterocycles. The average molecular weight is 325 g/mol. The molecule has 0 fully saturated rings. The van der Waals surface area contributed by atoms with Gasteiger partial charge in [-0.05, 0) is 35.9 Å². The normalized spacial score (nSPS) is 20.0. The molecule has 3 rings (SSSR count). The number of benzene rings is 2. The van der Waals surface area contributed by atoms with Gasteiger partial charge in [0.2, 0.25) is 0 Å². The van der Waals surface area contributed by atoms with E-state index in [1.165, 1.54) is 7.11 Å². The fourth-order valence-electron chi connectivity index (χ4n) is 2.65. The topological polar surface area (TPSA) is 38.7 Å². The van der Waals surface area contributed by atoms with Crippen molar-refractivity contribution in [1.29, 1.82) is 0 Å². The van der Waals surface area contributed by atoms with Crippen molar-refractivity contribution in [2.75, 3.05) is 7.11 Å². The monoisotopic (exact) mass is 324 g/mol. The minimum absolute atomic E-state index is 0.0610. The molecule has 2 aromatic rings. The van der Waals surface area contributed by atoms with Crippen molar-refractivity contribution >= 4 is 23.2 Å². The van der Waals surface area contributed by atoms with Crippen LogP contribution in [0.15, 0.2) is 30.3 Å². The van der Waals surface area contributed by atoms with E-state index in [0.29, 0.717) is 10.8 Å². The minimum Gasteiger partial charge on any atom is -0.503 e. The van der Waals surface area contributed by atoms with Crippen LogP contribution in [0.3, 0.4) is 0 Å². The van der Waals surface area contributed by atoms with Crippen molar-refractivity contribution in [3.63, 3.8) is 0 Å². The van der Waals surface area contributed by atoms with Crippen LogP contribution in [0, 0.1) is 0 Å². The van der Waals surface area contributed by atoms with Gasteiger partial charge in [-0.25, -0.2) is 0 Å². The molecule has 0 radical (unpaired) electrons. The highest BCUT2D eigenvalue weighted by atomic mass is 35.5. The Morgan fingerprint density at radius 2 is 1.95 bits per heavy atom. The molecule has 2 aromatic carbocycles. The van der Waals surface area contributed by atoms with Crippen LogP contribution < -0.4 is 9.47 Å². The van der Waals surface area contributed by atoms with Crippen LogP contribution in [0.4, 0.5) is 0 Å². The third kappa shape index (κ3) is 2.41. The molecule has 0 amide bonds. The highest BCUT2D eigenvalue weighted by Crippen LogP contribution is 2.48. The molecule has 0 saturated heterocycles. The summed E-state index contributed by atoms with van der Waals surface area (Å²) in [5.41, 5.74) is 1.92. The van der Waals surface area contributed by atoms with Crippen LogP contribution in [0.2, 0.25) is 10.0 Å². The fraction of sp³-hybridized carbons (Fsp3) is 0.250. The number of phenolic OH excluding ortho intramolecular Hbond substituents is 1. The van der Waals surface area contributed by atoms with Gasteiger partial charge in [0, 0.05) is 16.5 Å². The molecule has 0 unspecified atom stereocenters. The number of rotatable bonds is 2. The van der Waals surface area contributed by atoms with E-state index in [4.69, 9.17) is 32.7 Å². The predicted molar refractivity (Wildman–Crippen MR) is 82.9 cm³/mol. The highest BCUT2D eigenvalue weighted by Gasteiger charge is 2.33. The lowest BCUT2D eigenvalue weighted by Gasteiger charge is -2.18. The van der Waals surface area contributed by atoms with Gasteiger partial charge in [-0.15, -0.1) is 0 Å². The molecule has 1 heterocycles. The summed E-state index contributed by atoms with van der Waals surface area (Å²) in [7, 11) is 1.49. The Balaban J connectivity index is 2.02. The van der Waals surface area contributed by atoms with Gasteiger partial charge in [0.05, 0.1) is 12.1 Å². The number of fused-ring (bicyclic) bond motifs is 1. The van der Waals surface area contributed by atoms with Crippen molar-refractivity contribution in [2.45, 2.75) is 18.9 Å². The Morgan fingerprint density at radius 3 is 2.67 bits per heavy atom. The SMILES string of the molecule is COc1cc([C@H]2Oc3ccc(Cl)cc3[C@@H]2C)cc(Cl)c1O. The summed E-state index contributed by atoms with van der Waals surface area (Å²) in [5.74, 6) is 1.22. The zero-order valence-corrected chi connectivity index (χ0v) is 13.1. The Kier molecular flexibility index (Phi) is 3.64. The summed E-state index contributed by atoms with van der Waals surface area (Å²) in [4.78, 5) is 0. The number of phenols is 1. The first-order valence-electron chi connectivity index (χ1n) is 6.53. The highest BCUT2D eigenvalue weighted by molar-refractivity contribution is 6.32. The maximum Gasteiger partial charge on any atom is 0.176 e. The van der Waals surface area contributed by atoms with Crippen molar-refractivity contribution in [1.82, 2.24) is 0 Å². The smallest absolute Gasteiger partial charge is 0.176 e. The van der Waals surface area contributed by atoms with Crippen LogP contribution in [0.5, 0.6) is 17.2 Å². The maximum absolute atomic E-state index is 9.83. The summed E-state index contributed by atoms with van der Waals surface area (Å²) >= 11 is 12.1. The van der Waals surface area contributed by atoms with E-state index >= 15 is 0 Å². The largest absolute Gasteiger partial charge is 0.503 e. The fourth-order valence-corrected chi connectivity index (χ4v) is 3.05. The summed E-state index contributed by atoms with van der Waals surface area (Å²) in [5, 5.41) is 10.8. The molecule has 0 bridgehead atoms. The molecule has 110 valence electrons. The van der Waals surface area contributed by atoms with E-state index in [9.17, 15) is 5.11 Å². The zero-order chi connectivity index (χ0) is 15.1. The Hall–Kier alpha value is -1.58. The molecular weight excluding hydrogens is 311 g/mol. The molecule has 0 aliphatic carbocycles. The van der Waals surface area contributed by atoms with Gasteiger partial charge in [-0.1, -0.05) is 30.1 Å². The second-order valence-electron chi connectivity index (χ2n) is 5.06. The quantitative estimate of drug-likeness (QED) is 0.849. The molecule has 1 aliphatic rings. The van der Waals surface area contributed by atoms with E-state index in [2.05, 4.69) is 6.92 Å². The predicted octanol–water partition coefficient (Wildman–Crippen LogP) is 4.94. The molecular formula is C16H14Cl2O3. The molecule has 0 saturated carbocycles. The number of methoxy groups -OCH3 is 1. The Morgan fingerprint density at radius 1 is 1.19 bits per heavy atom. The summed E-state index contributed by atoms with van der Waals surface area (Å²) in [6.07, 6.45) is -0.189. The Bertz CT molecular complexity index is 700. The van der Waals surface area contributed by atoms with Gasteiger partial charge < -0.3 is 14.6 Å². The Labute approximate surface area is 133 Å². The van der Waals surface area contributed by atoms with Gasteiger partial charge in [0.15, 0.2) is 11.5 Å². The number of hydrogen-bond acceptors (Lipinski definition) is 3. The van der Waals surface area contributed by atoms with Crippen LogP contribution in [-0.2, 0) is 0 Å². The first kappa shape index (κ1) is 14.4. The zero-order valence-electron chi connectivity index (χ0n) is 11.6. The van der Waals surface area contributed by atoms with Gasteiger partial charge in [-0.2, -0.15) is 0 Å². The number of hydrogen-bond donors (Lipinski definition) is 1. The minimum atomic E-state index is -0.189. The first-order chi connectivity index (χ1) is 10.0. The van der Waals surface area contributed by atoms with Gasteiger partial charge in [0.25, 0.3) is 0 Å². The summed E-state index contributed by atoms with van der Waals surface area (Å²) in [6, 6.07) is 9.04. The molecule has 21 heavy (non-hydrogen) atoms. The van der Waals surface area contributed by atoms with Crippen molar-refractivity contribution in [2.24, 2.45) is 0 Å². The lowest BCUT2D eigenvalue weighted by molar-refractivity contribution is 0.215. The van der Waals surface area contributed by atoms with Gasteiger partial charge >= 0.3 is 0 Å². The average Bonchev–Trinajstić information content (AvgIpc) is 2.79. The van der Waals surface area contributed by atoms with Gasteiger partial charge in [0.1, 0.15) is 11.9 Å². The van der Waals surface area contributed by atoms with Crippen molar-refractivity contribution < 1.29 is 14.6 Å². The lowest BCUT2D eigenvalue weighted by Crippen LogP contribution is -2.07. The number of halogens is 2. The lowest BCUT2D eigenvalue weighted by atomic mass is 9.93. The van der Waals surface area contributed by atoms with Crippen molar-refractivity contribution in [3.8, 4) is 17.2 Å². The van der Waals surface area contributed by atoms with E-state index < -0.39 is 0 Å². The standard InChI is InChI=1S/C16H14Cl2O3/c1-8-11-7-10(17)3-4-13(11)21-16(8)9-5-12(18)15(19)14(6-9)20-2/h3-8,16,19H,1-2H3/t8-,16-/m0/s1. The van der Waals surface area contributed by atoms with Gasteiger partial charge in [-0.3, -0.25) is 0 Å². The third-order valence-electron chi connectivity index (χ3n) is 3.77. The summed E-state index contributed by atoms with van der Waals surface area (Å²) < 4.78 is 11.1. The molecule has 1 N–H and O–H groups in total. The molecule has 5 heteroatoms. The molecule has 2 atom stereocenters. The van der Waals surface area contributed by atoms with E-state index in [-0.39, 0.29) is 22.8 Å². The van der Waals surface area contributed by atoms with E-state index in [0.717, 1.165) is 16.9 Å². The molecule has 1 aliphatic heterocycles. The maximum atomic E-state index is 9.83. The third-order valence-corrected chi connectivity index (χ3v) is 4.29. The second-order valence-corrected chi connectivity index (χ2v) is 5.91. The summed E-state index contributed by atoms with van der Waals surface area (Å²) in [6.45, 7) is 2.07. The van der Waals surface area contributed by atoms with Crippen molar-refractivity contribution in [3.05, 3.63) is 51.5 Å². The van der Waals surface area contributed by atoms with E-state index in [1.54, 1.807) is 18.2 Å².